The fraction of sp³-hybridized carbons (Fsp3) is 0.842. The second-order valence-corrected chi connectivity index (χ2v) is 7.77. The fourth-order valence-electron chi connectivity index (χ4n) is 2.66. The van der Waals surface area contributed by atoms with Crippen molar-refractivity contribution in [3.8, 4) is 0 Å². The van der Waals surface area contributed by atoms with E-state index in [1.807, 2.05) is 0 Å². The maximum absolute atomic E-state index is 11.4. The van der Waals surface area contributed by atoms with Gasteiger partial charge in [0.1, 0.15) is 6.61 Å². The van der Waals surface area contributed by atoms with Crippen molar-refractivity contribution in [2.45, 2.75) is 96.8 Å². The minimum absolute atomic E-state index is 0.0721. The lowest BCUT2D eigenvalue weighted by atomic mass is 10.0. The van der Waals surface area contributed by atoms with Gasteiger partial charge in [-0.15, -0.1) is 0 Å². The van der Waals surface area contributed by atoms with Crippen LogP contribution in [-0.4, -0.2) is 17.5 Å². The van der Waals surface area contributed by atoms with Crippen LogP contribution in [-0.2, 0) is 18.6 Å². The molecule has 0 heterocycles. The molecular formula is C19H36O6P-. The normalized spacial score (nSPS) is 13.7. The number of hydrogen-bond acceptors (Lipinski definition) is 5. The maximum Gasteiger partial charge on any atom is 0.316 e. The first-order valence-electron chi connectivity index (χ1n) is 9.98. The summed E-state index contributed by atoms with van der Waals surface area (Å²) in [6.45, 7) is 2.17. The number of phosphoric ester groups is 1. The summed E-state index contributed by atoms with van der Waals surface area (Å²) in [5.74, 6) is -0.313. The summed E-state index contributed by atoms with van der Waals surface area (Å²) in [7, 11) is -4.75. The molecule has 0 saturated carbocycles. The van der Waals surface area contributed by atoms with E-state index < -0.39 is 7.82 Å². The first-order valence-corrected chi connectivity index (χ1v) is 11.5. The van der Waals surface area contributed by atoms with Gasteiger partial charge in [0.2, 0.25) is 0 Å². The standard InChI is InChI=1S/C19H37O6P/c1-2-3-4-5-6-7-8-9-10-11-12-13-14-16-19(20)24-17-15-18-25-26(21,22)23/h15,18H,2-14,16-17H2,1H3,(H2,21,22,23)/p-1/b18-15+. The lowest BCUT2D eigenvalue weighted by Crippen LogP contribution is -2.04. The number of carbonyl (C=O) groups excluding carboxylic acids is 1. The van der Waals surface area contributed by atoms with E-state index in [1.165, 1.54) is 70.3 Å². The predicted octanol–water partition coefficient (Wildman–Crippen LogP) is 5.00. The number of unbranched alkanes of at least 4 members (excludes halogenated alkanes) is 12. The molecule has 0 aliphatic heterocycles. The molecule has 26 heavy (non-hydrogen) atoms. The van der Waals surface area contributed by atoms with Crippen molar-refractivity contribution < 1.29 is 28.4 Å². The quantitative estimate of drug-likeness (QED) is 0.153. The number of rotatable bonds is 18. The van der Waals surface area contributed by atoms with Crippen molar-refractivity contribution in [3.63, 3.8) is 0 Å². The third-order valence-electron chi connectivity index (χ3n) is 4.12. The summed E-state index contributed by atoms with van der Waals surface area (Å²) >= 11 is 0. The van der Waals surface area contributed by atoms with Gasteiger partial charge in [-0.05, 0) is 12.5 Å². The van der Waals surface area contributed by atoms with Crippen molar-refractivity contribution in [1.29, 1.82) is 0 Å². The van der Waals surface area contributed by atoms with E-state index in [2.05, 4.69) is 11.4 Å². The molecule has 7 heteroatoms. The van der Waals surface area contributed by atoms with Crippen LogP contribution in [0.4, 0.5) is 0 Å². The molecule has 0 saturated heterocycles. The Morgan fingerprint density at radius 1 is 0.923 bits per heavy atom. The van der Waals surface area contributed by atoms with Gasteiger partial charge in [-0.2, -0.15) is 0 Å². The van der Waals surface area contributed by atoms with Gasteiger partial charge in [-0.3, -0.25) is 9.36 Å². The molecule has 0 aliphatic rings. The highest BCUT2D eigenvalue weighted by Gasteiger charge is 2.02. The zero-order valence-electron chi connectivity index (χ0n) is 16.2. The molecule has 154 valence electrons. The van der Waals surface area contributed by atoms with Crippen LogP contribution in [0.3, 0.4) is 0 Å². The zero-order chi connectivity index (χ0) is 19.5. The third kappa shape index (κ3) is 21.2. The summed E-state index contributed by atoms with van der Waals surface area (Å²) in [6.07, 6.45) is 18.7. The highest BCUT2D eigenvalue weighted by atomic mass is 31.2. The van der Waals surface area contributed by atoms with Crippen LogP contribution in [0.2, 0.25) is 0 Å². The Balaban J connectivity index is 3.27. The molecule has 0 aromatic rings. The van der Waals surface area contributed by atoms with E-state index in [0.29, 0.717) is 6.42 Å². The first-order chi connectivity index (χ1) is 12.5. The minimum Gasteiger partial charge on any atom is -0.746 e. The van der Waals surface area contributed by atoms with Gasteiger partial charge >= 0.3 is 13.8 Å². The molecule has 0 aliphatic carbocycles. The molecule has 0 fully saturated rings. The van der Waals surface area contributed by atoms with Crippen LogP contribution in [0.5, 0.6) is 0 Å². The fourth-order valence-corrected chi connectivity index (χ4v) is 2.90. The van der Waals surface area contributed by atoms with Crippen molar-refractivity contribution in [1.82, 2.24) is 0 Å². The summed E-state index contributed by atoms with van der Waals surface area (Å²) < 4.78 is 19.1. The van der Waals surface area contributed by atoms with Gasteiger partial charge in [-0.1, -0.05) is 84.0 Å². The summed E-state index contributed by atoms with van der Waals surface area (Å²) in [5, 5.41) is 0. The average Bonchev–Trinajstić information content (AvgIpc) is 2.57. The lowest BCUT2D eigenvalue weighted by Gasteiger charge is -2.12. The monoisotopic (exact) mass is 391 g/mol. The largest absolute Gasteiger partial charge is 0.746 e. The molecule has 0 aromatic carbocycles. The second-order valence-electron chi connectivity index (χ2n) is 6.62. The van der Waals surface area contributed by atoms with Gasteiger partial charge < -0.3 is 19.0 Å². The molecule has 6 nitrogen and oxygen atoms in total. The van der Waals surface area contributed by atoms with Crippen LogP contribution in [0.25, 0.3) is 0 Å². The highest BCUT2D eigenvalue weighted by molar-refractivity contribution is 7.44. The molecule has 0 aromatic heterocycles. The number of phosphoric acid groups is 1. The van der Waals surface area contributed by atoms with E-state index in [1.54, 1.807) is 0 Å². The summed E-state index contributed by atoms with van der Waals surface area (Å²) in [4.78, 5) is 30.1. The Bertz CT molecular complexity index is 405. The Hall–Kier alpha value is -0.840. The van der Waals surface area contributed by atoms with Gasteiger partial charge in [0.25, 0.3) is 0 Å². The predicted molar refractivity (Wildman–Crippen MR) is 101 cm³/mol. The zero-order valence-corrected chi connectivity index (χ0v) is 17.1. The summed E-state index contributed by atoms with van der Waals surface area (Å²) in [5.41, 5.74) is 0. The van der Waals surface area contributed by atoms with Gasteiger partial charge in [0.15, 0.2) is 0 Å². The van der Waals surface area contributed by atoms with Crippen LogP contribution in [0.1, 0.15) is 96.8 Å². The van der Waals surface area contributed by atoms with E-state index in [0.717, 1.165) is 25.5 Å². The molecule has 0 radical (unpaired) electrons. The molecule has 0 amide bonds. The molecule has 0 bridgehead atoms. The lowest BCUT2D eigenvalue weighted by molar-refractivity contribution is -0.214. The second kappa shape index (κ2) is 17.6. The van der Waals surface area contributed by atoms with Gasteiger partial charge in [0, 0.05) is 6.42 Å². The SMILES string of the molecule is CCCCCCCCCCCCCCCC(=O)OC/C=C/OP(=O)([O-])O. The smallest absolute Gasteiger partial charge is 0.316 e. The molecule has 1 unspecified atom stereocenters. The van der Waals surface area contributed by atoms with Gasteiger partial charge in [-0.25, -0.2) is 0 Å². The van der Waals surface area contributed by atoms with Crippen molar-refractivity contribution >= 4 is 13.8 Å². The number of ether oxygens (including phenoxy) is 1. The molecule has 1 N–H and O–H groups in total. The first kappa shape index (κ1) is 25.2. The highest BCUT2D eigenvalue weighted by Crippen LogP contribution is 2.30. The van der Waals surface area contributed by atoms with E-state index in [-0.39, 0.29) is 12.6 Å². The molecule has 0 rings (SSSR count). The van der Waals surface area contributed by atoms with Crippen LogP contribution < -0.4 is 4.89 Å². The number of carbonyl (C=O) groups is 1. The van der Waals surface area contributed by atoms with E-state index in [9.17, 15) is 14.3 Å². The molecular weight excluding hydrogens is 355 g/mol. The Kier molecular flexibility index (Phi) is 17.0. The number of hydrogen-bond donors (Lipinski definition) is 1. The summed E-state index contributed by atoms with van der Waals surface area (Å²) in [6, 6.07) is 0. The average molecular weight is 391 g/mol. The van der Waals surface area contributed by atoms with Gasteiger partial charge in [0.05, 0.1) is 6.26 Å². The van der Waals surface area contributed by atoms with Crippen LogP contribution in [0.15, 0.2) is 12.3 Å². The van der Waals surface area contributed by atoms with Crippen LogP contribution in [0, 0.1) is 0 Å². The maximum atomic E-state index is 11.4. The third-order valence-corrected chi connectivity index (χ3v) is 4.50. The molecule has 0 spiro atoms. The van der Waals surface area contributed by atoms with Crippen molar-refractivity contribution in [2.75, 3.05) is 6.61 Å². The van der Waals surface area contributed by atoms with Crippen molar-refractivity contribution in [3.05, 3.63) is 12.3 Å². The Morgan fingerprint density at radius 3 is 1.85 bits per heavy atom. The van der Waals surface area contributed by atoms with E-state index >= 15 is 0 Å². The van der Waals surface area contributed by atoms with Crippen molar-refractivity contribution in [2.24, 2.45) is 0 Å². The molecule has 1 atom stereocenters. The minimum atomic E-state index is -4.75. The number of esters is 1. The Labute approximate surface area is 158 Å². The van der Waals surface area contributed by atoms with E-state index in [4.69, 9.17) is 9.63 Å². The van der Waals surface area contributed by atoms with Crippen LogP contribution >= 0.6 is 7.82 Å². The topological polar surface area (TPSA) is 95.9 Å². The Morgan fingerprint density at radius 2 is 1.38 bits per heavy atom.